The maximum absolute atomic E-state index is 9.66. The summed E-state index contributed by atoms with van der Waals surface area (Å²) in [5.74, 6) is -2.21. The van der Waals surface area contributed by atoms with Gasteiger partial charge in [0, 0.05) is 0 Å². The molecule has 0 amide bonds. The number of rotatable bonds is 2. The Kier molecular flexibility index (Phi) is 8.02. The second-order valence-electron chi connectivity index (χ2n) is 1.29. The topological polar surface area (TPSA) is 60.4 Å². The van der Waals surface area contributed by atoms with Crippen molar-refractivity contribution in [2.45, 2.75) is 13.3 Å². The molecule has 0 aromatic carbocycles. The second kappa shape index (κ2) is 6.13. The molecule has 0 aromatic heterocycles. The number of aliphatic carboxylic acids is 1. The standard InChI is InChI=1S/C5H8O3.Na/c1-2-3-4(6)5(7)8;/h3,6H,2H2,1H3,(H,7,8);/q;+1/p-1. The smallest absolute Gasteiger partial charge is 0.542 e. The maximum Gasteiger partial charge on any atom is 1.00 e. The van der Waals surface area contributed by atoms with Gasteiger partial charge in [-0.25, -0.2) is 0 Å². The van der Waals surface area contributed by atoms with E-state index < -0.39 is 11.7 Å². The van der Waals surface area contributed by atoms with Crippen LogP contribution < -0.4 is 34.7 Å². The van der Waals surface area contributed by atoms with Gasteiger partial charge in [0.05, 0.1) is 0 Å². The molecule has 0 unspecified atom stereocenters. The third-order valence-electron chi connectivity index (χ3n) is 0.607. The molecule has 0 aliphatic heterocycles. The summed E-state index contributed by atoms with van der Waals surface area (Å²) in [5.41, 5.74) is 0. The predicted molar refractivity (Wildman–Crippen MR) is 26.0 cm³/mol. The van der Waals surface area contributed by atoms with Gasteiger partial charge in [-0.05, 0) is 12.5 Å². The maximum atomic E-state index is 9.66. The number of hydrogen-bond acceptors (Lipinski definition) is 3. The third-order valence-corrected chi connectivity index (χ3v) is 0.607. The zero-order valence-electron chi connectivity index (χ0n) is 5.55. The predicted octanol–water partition coefficient (Wildman–Crippen LogP) is -3.41. The first-order valence-corrected chi connectivity index (χ1v) is 2.29. The van der Waals surface area contributed by atoms with E-state index in [2.05, 4.69) is 0 Å². The summed E-state index contributed by atoms with van der Waals surface area (Å²) in [7, 11) is 0. The van der Waals surface area contributed by atoms with Gasteiger partial charge in [0.25, 0.3) is 0 Å². The molecule has 4 heteroatoms. The number of carbonyl (C=O) groups excluding carboxylic acids is 1. The molecule has 0 saturated heterocycles. The van der Waals surface area contributed by atoms with Crippen LogP contribution in [0, 0.1) is 0 Å². The number of aliphatic hydroxyl groups is 1. The zero-order chi connectivity index (χ0) is 6.57. The quantitative estimate of drug-likeness (QED) is 0.246. The first kappa shape index (κ1) is 11.8. The molecule has 0 aliphatic rings. The average molecular weight is 138 g/mol. The molecule has 46 valence electrons. The fourth-order valence-corrected chi connectivity index (χ4v) is 0.277. The molecule has 0 fully saturated rings. The summed E-state index contributed by atoms with van der Waals surface area (Å²) in [6.45, 7) is 1.72. The normalized spacial score (nSPS) is 10.1. The van der Waals surface area contributed by atoms with Crippen molar-refractivity contribution in [1.82, 2.24) is 0 Å². The molecule has 0 spiro atoms. The molecule has 0 saturated carbocycles. The molecular weight excluding hydrogens is 131 g/mol. The molecule has 3 nitrogen and oxygen atoms in total. The number of hydrogen-bond donors (Lipinski definition) is 1. The molecule has 0 atom stereocenters. The van der Waals surface area contributed by atoms with Crippen molar-refractivity contribution in [2.24, 2.45) is 0 Å². The van der Waals surface area contributed by atoms with E-state index in [0.29, 0.717) is 6.42 Å². The molecule has 0 aliphatic carbocycles. The molecule has 0 aromatic rings. The third kappa shape index (κ3) is 5.89. The minimum absolute atomic E-state index is 0. The monoisotopic (exact) mass is 138 g/mol. The van der Waals surface area contributed by atoms with Crippen LogP contribution in [-0.4, -0.2) is 11.1 Å². The fraction of sp³-hybridized carbons (Fsp3) is 0.400. The van der Waals surface area contributed by atoms with Crippen molar-refractivity contribution >= 4 is 5.97 Å². The van der Waals surface area contributed by atoms with Crippen LogP contribution in [0.25, 0.3) is 0 Å². The van der Waals surface area contributed by atoms with Crippen LogP contribution in [0.3, 0.4) is 0 Å². The van der Waals surface area contributed by atoms with Gasteiger partial charge in [-0.15, -0.1) is 0 Å². The first-order valence-electron chi connectivity index (χ1n) is 2.29. The Morgan fingerprint density at radius 2 is 2.22 bits per heavy atom. The summed E-state index contributed by atoms with van der Waals surface area (Å²) in [5, 5.41) is 18.0. The average Bonchev–Trinajstić information content (AvgIpc) is 1.67. The van der Waals surface area contributed by atoms with Gasteiger partial charge in [0.2, 0.25) is 0 Å². The van der Waals surface area contributed by atoms with E-state index in [4.69, 9.17) is 5.11 Å². The Bertz CT molecular complexity index is 119. The van der Waals surface area contributed by atoms with Crippen molar-refractivity contribution in [3.05, 3.63) is 11.8 Å². The van der Waals surface area contributed by atoms with Crippen LogP contribution in [0.4, 0.5) is 0 Å². The van der Waals surface area contributed by atoms with E-state index in [9.17, 15) is 9.90 Å². The van der Waals surface area contributed by atoms with Crippen LogP contribution in [-0.2, 0) is 4.79 Å². The van der Waals surface area contributed by atoms with Gasteiger partial charge in [-0.3, -0.25) is 0 Å². The molecule has 0 bridgehead atoms. The van der Waals surface area contributed by atoms with E-state index in [1.807, 2.05) is 0 Å². The zero-order valence-corrected chi connectivity index (χ0v) is 7.55. The Balaban J connectivity index is 0. The Morgan fingerprint density at radius 3 is 2.33 bits per heavy atom. The summed E-state index contributed by atoms with van der Waals surface area (Å²) in [6.07, 6.45) is 1.68. The van der Waals surface area contributed by atoms with Crippen molar-refractivity contribution in [3.63, 3.8) is 0 Å². The number of aliphatic hydroxyl groups excluding tert-OH is 1. The number of carbonyl (C=O) groups is 1. The molecule has 1 N–H and O–H groups in total. The first-order chi connectivity index (χ1) is 3.68. The molecule has 9 heavy (non-hydrogen) atoms. The van der Waals surface area contributed by atoms with Crippen LogP contribution in [0.2, 0.25) is 0 Å². The van der Waals surface area contributed by atoms with Crippen molar-refractivity contribution in [2.75, 3.05) is 0 Å². The van der Waals surface area contributed by atoms with Gasteiger partial charge in [-0.2, -0.15) is 0 Å². The second-order valence-corrected chi connectivity index (χ2v) is 1.29. The van der Waals surface area contributed by atoms with Crippen LogP contribution in [0.15, 0.2) is 11.8 Å². The number of carboxylic acids is 1. The summed E-state index contributed by atoms with van der Waals surface area (Å²) < 4.78 is 0. The van der Waals surface area contributed by atoms with Crippen LogP contribution in [0.5, 0.6) is 0 Å². The van der Waals surface area contributed by atoms with Crippen molar-refractivity contribution in [1.29, 1.82) is 0 Å². The van der Waals surface area contributed by atoms with E-state index >= 15 is 0 Å². The van der Waals surface area contributed by atoms with Gasteiger partial charge < -0.3 is 15.0 Å². The van der Waals surface area contributed by atoms with Gasteiger partial charge in [0.15, 0.2) is 0 Å². The minimum Gasteiger partial charge on any atom is -0.542 e. The Labute approximate surface area is 75.7 Å². The Morgan fingerprint density at radius 1 is 1.78 bits per heavy atom. The van der Waals surface area contributed by atoms with Crippen LogP contribution >= 0.6 is 0 Å². The van der Waals surface area contributed by atoms with Gasteiger partial charge in [-0.1, -0.05) is 6.92 Å². The van der Waals surface area contributed by atoms with E-state index in [-0.39, 0.29) is 29.6 Å². The van der Waals surface area contributed by atoms with Crippen molar-refractivity contribution in [3.8, 4) is 0 Å². The minimum atomic E-state index is -1.52. The molecule has 0 rings (SSSR count). The van der Waals surface area contributed by atoms with Gasteiger partial charge >= 0.3 is 29.6 Å². The SMILES string of the molecule is CCC=C(O)C(=O)[O-].[Na+]. The van der Waals surface area contributed by atoms with Crippen molar-refractivity contribution < 1.29 is 44.6 Å². The molecule has 0 heterocycles. The molecule has 0 radical (unpaired) electrons. The summed E-state index contributed by atoms with van der Waals surface area (Å²) >= 11 is 0. The number of allylic oxidation sites excluding steroid dienone is 1. The summed E-state index contributed by atoms with van der Waals surface area (Å²) in [6, 6.07) is 0. The van der Waals surface area contributed by atoms with Gasteiger partial charge in [0.1, 0.15) is 11.7 Å². The van der Waals surface area contributed by atoms with E-state index in [1.54, 1.807) is 6.92 Å². The van der Waals surface area contributed by atoms with E-state index in [0.717, 1.165) is 0 Å². The fourth-order valence-electron chi connectivity index (χ4n) is 0.277. The Hall–Kier alpha value is 0.0100. The molecular formula is C5H7NaO3. The van der Waals surface area contributed by atoms with Crippen LogP contribution in [0.1, 0.15) is 13.3 Å². The summed E-state index contributed by atoms with van der Waals surface area (Å²) in [4.78, 5) is 9.66. The largest absolute Gasteiger partial charge is 1.00 e. The number of carboxylic acid groups (broad SMARTS) is 1. The van der Waals surface area contributed by atoms with E-state index in [1.165, 1.54) is 6.08 Å².